The smallest absolute Gasteiger partial charge is 0.296 e. The van der Waals surface area contributed by atoms with Crippen molar-refractivity contribution in [2.45, 2.75) is 11.4 Å². The van der Waals surface area contributed by atoms with Gasteiger partial charge in [0.2, 0.25) is 0 Å². The Bertz CT molecular complexity index is 624. The summed E-state index contributed by atoms with van der Waals surface area (Å²) in [6, 6.07) is 16.6. The molecule has 18 heavy (non-hydrogen) atoms. The van der Waals surface area contributed by atoms with E-state index in [2.05, 4.69) is 11.4 Å². The molecule has 0 saturated carbocycles. The van der Waals surface area contributed by atoms with Crippen molar-refractivity contribution in [3.05, 3.63) is 60.2 Å². The molecule has 0 atom stereocenters. The SMILES string of the molecule is O=S(=O)(O)c1c[c]ccc1NCc1ccccc1. The Balaban J connectivity index is 2.20. The lowest BCUT2D eigenvalue weighted by molar-refractivity contribution is 0.483. The summed E-state index contributed by atoms with van der Waals surface area (Å²) in [4.78, 5) is -0.166. The molecule has 2 aromatic carbocycles. The average molecular weight is 262 g/mol. The Morgan fingerprint density at radius 2 is 1.89 bits per heavy atom. The van der Waals surface area contributed by atoms with E-state index in [-0.39, 0.29) is 4.90 Å². The van der Waals surface area contributed by atoms with Crippen LogP contribution < -0.4 is 5.32 Å². The lowest BCUT2D eigenvalue weighted by Gasteiger charge is -2.09. The fourth-order valence-corrected chi connectivity index (χ4v) is 2.20. The molecule has 2 aromatic rings. The van der Waals surface area contributed by atoms with E-state index in [1.807, 2.05) is 30.3 Å². The minimum Gasteiger partial charge on any atom is -0.380 e. The lowest BCUT2D eigenvalue weighted by atomic mass is 10.2. The van der Waals surface area contributed by atoms with E-state index < -0.39 is 10.1 Å². The van der Waals surface area contributed by atoms with E-state index in [4.69, 9.17) is 4.55 Å². The summed E-state index contributed by atoms with van der Waals surface area (Å²) < 4.78 is 31.4. The molecule has 0 unspecified atom stereocenters. The third-order valence-electron chi connectivity index (χ3n) is 2.43. The second kappa shape index (κ2) is 5.20. The highest BCUT2D eigenvalue weighted by atomic mass is 32.2. The minimum atomic E-state index is -4.23. The quantitative estimate of drug-likeness (QED) is 0.830. The van der Waals surface area contributed by atoms with Crippen LogP contribution in [0, 0.1) is 6.07 Å². The maximum absolute atomic E-state index is 11.2. The Kier molecular flexibility index (Phi) is 3.64. The van der Waals surface area contributed by atoms with Crippen LogP contribution in [0.1, 0.15) is 5.56 Å². The van der Waals surface area contributed by atoms with Gasteiger partial charge in [0.1, 0.15) is 4.90 Å². The number of nitrogens with one attached hydrogen (secondary N) is 1. The highest BCUT2D eigenvalue weighted by molar-refractivity contribution is 7.86. The number of hydrogen-bond donors (Lipinski definition) is 2. The summed E-state index contributed by atoms with van der Waals surface area (Å²) in [5, 5.41) is 2.98. The van der Waals surface area contributed by atoms with Crippen LogP contribution >= 0.6 is 0 Å². The van der Waals surface area contributed by atoms with Gasteiger partial charge >= 0.3 is 0 Å². The number of rotatable bonds is 4. The molecule has 0 aliphatic rings. The fourth-order valence-electron chi connectivity index (χ4n) is 1.57. The van der Waals surface area contributed by atoms with Gasteiger partial charge < -0.3 is 5.32 Å². The molecule has 0 bridgehead atoms. The third kappa shape index (κ3) is 3.09. The second-order valence-electron chi connectivity index (χ2n) is 3.74. The van der Waals surface area contributed by atoms with E-state index >= 15 is 0 Å². The van der Waals surface area contributed by atoms with Gasteiger partial charge in [-0.1, -0.05) is 36.4 Å². The molecule has 0 aromatic heterocycles. The first kappa shape index (κ1) is 12.6. The van der Waals surface area contributed by atoms with Gasteiger partial charge in [-0.2, -0.15) is 8.42 Å². The Hall–Kier alpha value is -1.85. The first-order chi connectivity index (χ1) is 8.57. The number of hydrogen-bond acceptors (Lipinski definition) is 3. The van der Waals surface area contributed by atoms with Crippen LogP contribution in [0.25, 0.3) is 0 Å². The van der Waals surface area contributed by atoms with Crippen LogP contribution in [-0.4, -0.2) is 13.0 Å². The Labute approximate surface area is 106 Å². The van der Waals surface area contributed by atoms with Gasteiger partial charge in [-0.05, 0) is 23.8 Å². The van der Waals surface area contributed by atoms with Crippen molar-refractivity contribution in [1.82, 2.24) is 0 Å². The van der Waals surface area contributed by atoms with E-state index in [1.54, 1.807) is 12.1 Å². The second-order valence-corrected chi connectivity index (χ2v) is 5.13. The molecule has 0 fully saturated rings. The molecule has 2 N–H and O–H groups in total. The molecule has 0 aliphatic heterocycles. The molecule has 1 radical (unpaired) electrons. The molecular formula is C13H12NO3S. The third-order valence-corrected chi connectivity index (χ3v) is 3.32. The molecule has 0 aliphatic carbocycles. The van der Waals surface area contributed by atoms with E-state index in [9.17, 15) is 8.42 Å². The first-order valence-corrected chi connectivity index (χ1v) is 6.77. The zero-order valence-electron chi connectivity index (χ0n) is 9.50. The van der Waals surface area contributed by atoms with Gasteiger partial charge in [0.25, 0.3) is 10.1 Å². The van der Waals surface area contributed by atoms with Gasteiger partial charge in [0.05, 0.1) is 5.69 Å². The zero-order valence-corrected chi connectivity index (χ0v) is 10.3. The summed E-state index contributed by atoms with van der Waals surface area (Å²) in [6.07, 6.45) is 0. The number of benzene rings is 2. The van der Waals surface area contributed by atoms with E-state index in [1.165, 1.54) is 6.07 Å². The maximum atomic E-state index is 11.2. The average Bonchev–Trinajstić information content (AvgIpc) is 2.37. The molecule has 0 amide bonds. The summed E-state index contributed by atoms with van der Waals surface area (Å²) in [7, 11) is -4.23. The zero-order chi connectivity index (χ0) is 13.0. The predicted molar refractivity (Wildman–Crippen MR) is 68.9 cm³/mol. The van der Waals surface area contributed by atoms with Gasteiger partial charge in [-0.25, -0.2) is 0 Å². The summed E-state index contributed by atoms with van der Waals surface area (Å²) >= 11 is 0. The van der Waals surface area contributed by atoms with Crippen LogP contribution in [0.2, 0.25) is 0 Å². The summed E-state index contributed by atoms with van der Waals surface area (Å²) in [5.74, 6) is 0. The molecule has 93 valence electrons. The van der Waals surface area contributed by atoms with E-state index in [0.29, 0.717) is 12.2 Å². The number of anilines is 1. The molecule has 0 spiro atoms. The minimum absolute atomic E-state index is 0.166. The monoisotopic (exact) mass is 262 g/mol. The van der Waals surface area contributed by atoms with Crippen molar-refractivity contribution in [2.75, 3.05) is 5.32 Å². The predicted octanol–water partition coefficient (Wildman–Crippen LogP) is 2.35. The van der Waals surface area contributed by atoms with Gasteiger partial charge in [0, 0.05) is 6.54 Å². The van der Waals surface area contributed by atoms with Crippen LogP contribution in [0.5, 0.6) is 0 Å². The molecule has 0 heterocycles. The molecule has 4 nitrogen and oxygen atoms in total. The van der Waals surface area contributed by atoms with Crippen LogP contribution in [0.3, 0.4) is 0 Å². The van der Waals surface area contributed by atoms with Crippen molar-refractivity contribution in [3.63, 3.8) is 0 Å². The molecule has 0 saturated heterocycles. The highest BCUT2D eigenvalue weighted by Gasteiger charge is 2.14. The van der Waals surface area contributed by atoms with Gasteiger partial charge in [0.15, 0.2) is 0 Å². The fraction of sp³-hybridized carbons (Fsp3) is 0.0769. The highest BCUT2D eigenvalue weighted by Crippen LogP contribution is 2.20. The van der Waals surface area contributed by atoms with Gasteiger partial charge in [-0.3, -0.25) is 4.55 Å². The van der Waals surface area contributed by atoms with Crippen molar-refractivity contribution >= 4 is 15.8 Å². The topological polar surface area (TPSA) is 66.4 Å². The van der Waals surface area contributed by atoms with Crippen LogP contribution in [0.15, 0.2) is 53.4 Å². The van der Waals surface area contributed by atoms with Crippen LogP contribution in [-0.2, 0) is 16.7 Å². The van der Waals surface area contributed by atoms with Crippen LogP contribution in [0.4, 0.5) is 5.69 Å². The molecule has 2 rings (SSSR count). The van der Waals surface area contributed by atoms with Crippen molar-refractivity contribution in [3.8, 4) is 0 Å². The normalized spacial score (nSPS) is 11.2. The summed E-state index contributed by atoms with van der Waals surface area (Å²) in [6.45, 7) is 0.480. The molecular weight excluding hydrogens is 250 g/mol. The standard InChI is InChI=1S/C13H12NO3S/c15-18(16,17)13-9-5-4-8-12(13)14-10-11-6-2-1-3-7-11/h1-4,6-9,14H,10H2,(H,15,16,17). The van der Waals surface area contributed by atoms with Gasteiger partial charge in [-0.15, -0.1) is 0 Å². The maximum Gasteiger partial charge on any atom is 0.296 e. The Morgan fingerprint density at radius 3 is 2.56 bits per heavy atom. The van der Waals surface area contributed by atoms with Crippen molar-refractivity contribution in [2.24, 2.45) is 0 Å². The first-order valence-electron chi connectivity index (χ1n) is 5.33. The van der Waals surface area contributed by atoms with Crippen molar-refractivity contribution in [1.29, 1.82) is 0 Å². The lowest BCUT2D eigenvalue weighted by Crippen LogP contribution is -2.06. The van der Waals surface area contributed by atoms with Crippen molar-refractivity contribution < 1.29 is 13.0 Å². The van der Waals surface area contributed by atoms with E-state index in [0.717, 1.165) is 5.56 Å². The molecule has 5 heteroatoms. The summed E-state index contributed by atoms with van der Waals surface area (Å²) in [5.41, 5.74) is 1.38. The Morgan fingerprint density at radius 1 is 1.17 bits per heavy atom. The largest absolute Gasteiger partial charge is 0.380 e.